The van der Waals surface area contributed by atoms with Gasteiger partial charge in [0.1, 0.15) is 22.6 Å². The molecule has 0 radical (unpaired) electrons. The van der Waals surface area contributed by atoms with Crippen molar-refractivity contribution in [3.63, 3.8) is 0 Å². The van der Waals surface area contributed by atoms with Gasteiger partial charge in [-0.2, -0.15) is 0 Å². The number of pyridine rings is 1. The number of methoxy groups -OCH3 is 3. The van der Waals surface area contributed by atoms with E-state index in [4.69, 9.17) is 14.2 Å². The summed E-state index contributed by atoms with van der Waals surface area (Å²) >= 11 is 1.62. The quantitative estimate of drug-likeness (QED) is 0.611. The van der Waals surface area contributed by atoms with Crippen molar-refractivity contribution in [2.75, 3.05) is 27.1 Å². The van der Waals surface area contributed by atoms with Crippen molar-refractivity contribution >= 4 is 28.6 Å². The highest BCUT2D eigenvalue weighted by Crippen LogP contribution is 2.44. The molecular weight excluding hydrogens is 388 g/mol. The lowest BCUT2D eigenvalue weighted by molar-refractivity contribution is -0.128. The first-order valence-electron chi connectivity index (χ1n) is 9.20. The zero-order valence-corrected chi connectivity index (χ0v) is 17.4. The first-order valence-corrected chi connectivity index (χ1v) is 10.2. The van der Waals surface area contributed by atoms with E-state index in [1.807, 2.05) is 47.4 Å². The second-order valence-corrected chi connectivity index (χ2v) is 7.68. The van der Waals surface area contributed by atoms with E-state index >= 15 is 0 Å². The summed E-state index contributed by atoms with van der Waals surface area (Å²) in [6.45, 7) is 0.378. The summed E-state index contributed by atoms with van der Waals surface area (Å²) in [5.41, 5.74) is 2.82. The summed E-state index contributed by atoms with van der Waals surface area (Å²) in [4.78, 5) is 19.1. The monoisotopic (exact) mass is 410 g/mol. The highest BCUT2D eigenvalue weighted by Gasteiger charge is 2.35. The number of aromatic nitrogens is 1. The lowest BCUT2D eigenvalue weighted by Gasteiger charge is -2.27. The second kappa shape index (κ2) is 8.21. The van der Waals surface area contributed by atoms with Gasteiger partial charge in [-0.05, 0) is 17.7 Å². The van der Waals surface area contributed by atoms with Crippen molar-refractivity contribution in [3.05, 3.63) is 59.8 Å². The number of amides is 1. The third-order valence-corrected chi connectivity index (χ3v) is 6.30. The number of nitrogens with zero attached hydrogens (tertiary/aromatic N) is 2. The van der Waals surface area contributed by atoms with Crippen molar-refractivity contribution in [2.24, 2.45) is 0 Å². The molecule has 1 aliphatic heterocycles. The molecule has 1 fully saturated rings. The van der Waals surface area contributed by atoms with Crippen LogP contribution in [0.1, 0.15) is 16.5 Å². The van der Waals surface area contributed by atoms with Crippen LogP contribution in [0.3, 0.4) is 0 Å². The number of carbonyl (C=O) groups excluding carboxylic acids is 1. The molecule has 2 heterocycles. The van der Waals surface area contributed by atoms with E-state index < -0.39 is 0 Å². The normalized spacial score (nSPS) is 16.3. The largest absolute Gasteiger partial charge is 0.496 e. The van der Waals surface area contributed by atoms with Gasteiger partial charge < -0.3 is 19.1 Å². The maximum absolute atomic E-state index is 12.8. The van der Waals surface area contributed by atoms with Crippen LogP contribution in [-0.2, 0) is 11.3 Å². The molecular formula is C22H22N2O4S. The van der Waals surface area contributed by atoms with Crippen LogP contribution in [0.4, 0.5) is 0 Å². The van der Waals surface area contributed by atoms with Crippen LogP contribution in [0, 0.1) is 0 Å². The van der Waals surface area contributed by atoms with Crippen molar-refractivity contribution < 1.29 is 19.0 Å². The molecule has 6 nitrogen and oxygen atoms in total. The molecule has 1 saturated heterocycles. The molecule has 3 aromatic rings. The number of thioether (sulfide) groups is 1. The van der Waals surface area contributed by atoms with Crippen LogP contribution in [0.25, 0.3) is 10.9 Å². The number of rotatable bonds is 6. The van der Waals surface area contributed by atoms with Gasteiger partial charge in [-0.1, -0.05) is 18.2 Å². The predicted molar refractivity (Wildman–Crippen MR) is 114 cm³/mol. The first-order chi connectivity index (χ1) is 14.2. The second-order valence-electron chi connectivity index (χ2n) is 6.61. The van der Waals surface area contributed by atoms with Gasteiger partial charge in [-0.3, -0.25) is 9.78 Å². The summed E-state index contributed by atoms with van der Waals surface area (Å²) in [6.07, 6.45) is 1.80. The Labute approximate surface area is 173 Å². The average Bonchev–Trinajstić information content (AvgIpc) is 3.13. The molecule has 0 spiro atoms. The van der Waals surface area contributed by atoms with Gasteiger partial charge in [-0.25, -0.2) is 0 Å². The zero-order chi connectivity index (χ0) is 20.4. The lowest BCUT2D eigenvalue weighted by Crippen LogP contribution is -2.28. The Kier molecular flexibility index (Phi) is 5.49. The smallest absolute Gasteiger partial charge is 0.234 e. The molecule has 7 heteroatoms. The number of hydrogen-bond donors (Lipinski definition) is 0. The number of ether oxygens (including phenoxy) is 3. The number of fused-ring (bicyclic) bond motifs is 1. The van der Waals surface area contributed by atoms with E-state index in [0.29, 0.717) is 29.5 Å². The molecule has 0 aliphatic carbocycles. The third kappa shape index (κ3) is 3.58. The minimum Gasteiger partial charge on any atom is -0.496 e. The Balaban J connectivity index is 1.75. The van der Waals surface area contributed by atoms with Gasteiger partial charge in [-0.15, -0.1) is 11.8 Å². The average molecular weight is 410 g/mol. The highest BCUT2D eigenvalue weighted by molar-refractivity contribution is 8.00. The Morgan fingerprint density at radius 2 is 1.79 bits per heavy atom. The molecule has 0 bridgehead atoms. The number of benzene rings is 2. The topological polar surface area (TPSA) is 60.9 Å². The van der Waals surface area contributed by atoms with Crippen LogP contribution in [0.15, 0.2) is 48.7 Å². The van der Waals surface area contributed by atoms with Crippen molar-refractivity contribution in [1.29, 1.82) is 0 Å². The van der Waals surface area contributed by atoms with Crippen molar-refractivity contribution in [3.8, 4) is 17.2 Å². The molecule has 1 aromatic heterocycles. The zero-order valence-electron chi connectivity index (χ0n) is 16.5. The molecule has 1 amide bonds. The summed E-state index contributed by atoms with van der Waals surface area (Å²) < 4.78 is 16.5. The molecule has 29 heavy (non-hydrogen) atoms. The van der Waals surface area contributed by atoms with Crippen LogP contribution in [0.2, 0.25) is 0 Å². The molecule has 150 valence electrons. The molecule has 2 aromatic carbocycles. The number of hydrogen-bond acceptors (Lipinski definition) is 6. The van der Waals surface area contributed by atoms with E-state index in [0.717, 1.165) is 22.0 Å². The lowest BCUT2D eigenvalue weighted by atomic mass is 10.1. The molecule has 1 unspecified atom stereocenters. The van der Waals surface area contributed by atoms with E-state index in [1.54, 1.807) is 39.3 Å². The molecule has 1 atom stereocenters. The fourth-order valence-electron chi connectivity index (χ4n) is 3.62. The van der Waals surface area contributed by atoms with E-state index in [2.05, 4.69) is 4.98 Å². The van der Waals surface area contributed by atoms with Crippen LogP contribution in [0.5, 0.6) is 17.2 Å². The van der Waals surface area contributed by atoms with Gasteiger partial charge in [0.05, 0.1) is 44.7 Å². The summed E-state index contributed by atoms with van der Waals surface area (Å²) in [7, 11) is 4.80. The molecule has 0 saturated carbocycles. The maximum atomic E-state index is 12.8. The third-order valence-electron chi connectivity index (χ3n) is 5.06. The van der Waals surface area contributed by atoms with Crippen molar-refractivity contribution in [1.82, 2.24) is 9.88 Å². The fourth-order valence-corrected chi connectivity index (χ4v) is 4.84. The first kappa shape index (κ1) is 19.4. The molecule has 4 rings (SSSR count). The van der Waals surface area contributed by atoms with Gasteiger partial charge >= 0.3 is 0 Å². The van der Waals surface area contributed by atoms with Gasteiger partial charge in [0.25, 0.3) is 0 Å². The van der Waals surface area contributed by atoms with Gasteiger partial charge in [0.2, 0.25) is 5.91 Å². The minimum absolute atomic E-state index is 0.0841. The van der Waals surface area contributed by atoms with Crippen LogP contribution >= 0.6 is 11.8 Å². The Morgan fingerprint density at radius 1 is 1.07 bits per heavy atom. The summed E-state index contributed by atoms with van der Waals surface area (Å²) in [5, 5.41) is 0.952. The Bertz CT molecular complexity index is 1030. The summed E-state index contributed by atoms with van der Waals surface area (Å²) in [5.74, 6) is 2.41. The van der Waals surface area contributed by atoms with E-state index in [1.165, 1.54) is 0 Å². The van der Waals surface area contributed by atoms with E-state index in [9.17, 15) is 4.79 Å². The Morgan fingerprint density at radius 3 is 2.48 bits per heavy atom. The van der Waals surface area contributed by atoms with E-state index in [-0.39, 0.29) is 11.3 Å². The maximum Gasteiger partial charge on any atom is 0.234 e. The van der Waals surface area contributed by atoms with Gasteiger partial charge in [0, 0.05) is 23.7 Å². The summed E-state index contributed by atoms with van der Waals surface area (Å²) in [6, 6.07) is 13.6. The SMILES string of the molecule is COc1cc(OC)c(CN2C(=O)CSC2c2ccnc3ccccc23)c(OC)c1. The highest BCUT2D eigenvalue weighted by atomic mass is 32.2. The Hall–Kier alpha value is -2.93. The van der Waals surface area contributed by atoms with Crippen molar-refractivity contribution in [2.45, 2.75) is 11.9 Å². The standard InChI is InChI=1S/C22H22N2O4S/c1-26-14-10-19(27-2)17(20(11-14)28-3)12-24-21(25)13-29-22(24)16-8-9-23-18-7-5-4-6-15(16)18/h4-11,22H,12-13H2,1-3H3. The van der Waals surface area contributed by atoms with Crippen LogP contribution in [-0.4, -0.2) is 42.9 Å². The minimum atomic E-state index is -0.105. The predicted octanol–water partition coefficient (Wildman–Crippen LogP) is 4.03. The van der Waals surface area contributed by atoms with Gasteiger partial charge in [0.15, 0.2) is 0 Å². The fraction of sp³-hybridized carbons (Fsp3) is 0.273. The molecule has 1 aliphatic rings. The molecule has 0 N–H and O–H groups in total. The van der Waals surface area contributed by atoms with Crippen LogP contribution < -0.4 is 14.2 Å². The number of para-hydroxylation sites is 1. The number of carbonyl (C=O) groups is 1.